The van der Waals surface area contributed by atoms with E-state index in [1.807, 2.05) is 0 Å². The summed E-state index contributed by atoms with van der Waals surface area (Å²) in [5.74, 6) is -2.04. The number of halogens is 2. The Morgan fingerprint density at radius 2 is 2.00 bits per heavy atom. The standard InChI is InChI=1S/C10H8Cl2O4/c11-7-2-1-6(8(12)3-7)5-16-10(15)4-9(13)14/h1-3H,4-5H2,(H,13,14). The van der Waals surface area contributed by atoms with Crippen LogP contribution < -0.4 is 0 Å². The van der Waals surface area contributed by atoms with Crippen molar-refractivity contribution in [1.82, 2.24) is 0 Å². The van der Waals surface area contributed by atoms with Gasteiger partial charge in [0.1, 0.15) is 13.0 Å². The fraction of sp³-hybridized carbons (Fsp3) is 0.200. The van der Waals surface area contributed by atoms with Gasteiger partial charge in [-0.15, -0.1) is 0 Å². The van der Waals surface area contributed by atoms with Crippen LogP contribution >= 0.6 is 23.2 Å². The average Bonchev–Trinajstić information content (AvgIpc) is 2.15. The second-order valence-corrected chi connectivity index (χ2v) is 3.81. The number of carbonyl (C=O) groups is 2. The molecule has 0 fully saturated rings. The first kappa shape index (κ1) is 12.8. The van der Waals surface area contributed by atoms with E-state index in [4.69, 9.17) is 33.0 Å². The van der Waals surface area contributed by atoms with Crippen LogP contribution in [0.2, 0.25) is 10.0 Å². The van der Waals surface area contributed by atoms with Crippen LogP contribution in [-0.4, -0.2) is 17.0 Å². The molecule has 0 amide bonds. The van der Waals surface area contributed by atoms with E-state index in [0.29, 0.717) is 15.6 Å². The maximum Gasteiger partial charge on any atom is 0.317 e. The van der Waals surface area contributed by atoms with Gasteiger partial charge in [-0.2, -0.15) is 0 Å². The lowest BCUT2D eigenvalue weighted by molar-refractivity contribution is -0.152. The third-order valence-electron chi connectivity index (χ3n) is 1.70. The molecule has 0 saturated carbocycles. The van der Waals surface area contributed by atoms with E-state index in [2.05, 4.69) is 0 Å². The summed E-state index contributed by atoms with van der Waals surface area (Å²) in [5, 5.41) is 9.18. The first-order chi connectivity index (χ1) is 7.49. The summed E-state index contributed by atoms with van der Waals surface area (Å²) >= 11 is 11.5. The molecule has 1 rings (SSSR count). The zero-order chi connectivity index (χ0) is 12.1. The van der Waals surface area contributed by atoms with E-state index in [-0.39, 0.29) is 6.61 Å². The minimum atomic E-state index is -1.23. The zero-order valence-corrected chi connectivity index (χ0v) is 9.59. The lowest BCUT2D eigenvalue weighted by Crippen LogP contribution is -2.10. The zero-order valence-electron chi connectivity index (χ0n) is 8.07. The molecule has 6 heteroatoms. The lowest BCUT2D eigenvalue weighted by Gasteiger charge is -2.05. The van der Waals surface area contributed by atoms with E-state index in [1.54, 1.807) is 12.1 Å². The van der Waals surface area contributed by atoms with E-state index in [0.717, 1.165) is 0 Å². The number of carboxylic acids is 1. The SMILES string of the molecule is O=C(O)CC(=O)OCc1ccc(Cl)cc1Cl. The average molecular weight is 263 g/mol. The maximum atomic E-state index is 10.9. The molecular formula is C10H8Cl2O4. The molecule has 16 heavy (non-hydrogen) atoms. The molecule has 1 N–H and O–H groups in total. The number of carboxylic acid groups (broad SMARTS) is 1. The number of aliphatic carboxylic acids is 1. The summed E-state index contributed by atoms with van der Waals surface area (Å²) in [5.41, 5.74) is 0.574. The van der Waals surface area contributed by atoms with Crippen molar-refractivity contribution in [3.8, 4) is 0 Å². The van der Waals surface area contributed by atoms with Crippen LogP contribution in [0.15, 0.2) is 18.2 Å². The molecule has 0 aromatic heterocycles. The van der Waals surface area contributed by atoms with Crippen LogP contribution in [0.4, 0.5) is 0 Å². The molecule has 1 aromatic carbocycles. The smallest absolute Gasteiger partial charge is 0.317 e. The Balaban J connectivity index is 2.54. The first-order valence-electron chi connectivity index (χ1n) is 4.30. The predicted octanol–water partition coefficient (Wildman–Crippen LogP) is 2.51. The Morgan fingerprint density at radius 1 is 1.31 bits per heavy atom. The summed E-state index contributed by atoms with van der Waals surface area (Å²) in [4.78, 5) is 21.1. The van der Waals surface area contributed by atoms with Gasteiger partial charge >= 0.3 is 11.9 Å². The van der Waals surface area contributed by atoms with Crippen molar-refractivity contribution in [3.63, 3.8) is 0 Å². The Kier molecular flexibility index (Phi) is 4.58. The van der Waals surface area contributed by atoms with Gasteiger partial charge in [0, 0.05) is 15.6 Å². The molecule has 0 aliphatic rings. The topological polar surface area (TPSA) is 63.6 Å². The highest BCUT2D eigenvalue weighted by Gasteiger charge is 2.10. The van der Waals surface area contributed by atoms with Gasteiger partial charge in [0.05, 0.1) is 0 Å². The van der Waals surface area contributed by atoms with Gasteiger partial charge in [-0.1, -0.05) is 29.3 Å². The fourth-order valence-corrected chi connectivity index (χ4v) is 1.43. The van der Waals surface area contributed by atoms with Gasteiger partial charge in [0.25, 0.3) is 0 Å². The molecule has 0 atom stereocenters. The summed E-state index contributed by atoms with van der Waals surface area (Å²) in [6, 6.07) is 4.73. The number of hydrogen-bond acceptors (Lipinski definition) is 3. The number of rotatable bonds is 4. The highest BCUT2D eigenvalue weighted by Crippen LogP contribution is 2.21. The summed E-state index contributed by atoms with van der Waals surface area (Å²) in [6.07, 6.45) is -0.661. The third-order valence-corrected chi connectivity index (χ3v) is 2.29. The Hall–Kier alpha value is -1.26. The molecule has 0 bridgehead atoms. The van der Waals surface area contributed by atoms with E-state index >= 15 is 0 Å². The van der Waals surface area contributed by atoms with Crippen molar-refractivity contribution in [1.29, 1.82) is 0 Å². The number of hydrogen-bond donors (Lipinski definition) is 1. The largest absolute Gasteiger partial charge is 0.481 e. The van der Waals surface area contributed by atoms with Crippen molar-refractivity contribution < 1.29 is 19.4 Å². The minimum absolute atomic E-state index is 0.0673. The molecule has 0 aliphatic heterocycles. The van der Waals surface area contributed by atoms with Crippen LogP contribution in [0.25, 0.3) is 0 Å². The minimum Gasteiger partial charge on any atom is -0.481 e. The molecule has 0 unspecified atom stereocenters. The molecule has 0 heterocycles. The van der Waals surface area contributed by atoms with Gasteiger partial charge in [-0.05, 0) is 12.1 Å². The van der Waals surface area contributed by atoms with Crippen molar-refractivity contribution in [2.45, 2.75) is 13.0 Å². The molecule has 0 aliphatic carbocycles. The second kappa shape index (κ2) is 5.72. The third kappa shape index (κ3) is 4.08. The van der Waals surface area contributed by atoms with Crippen LogP contribution in [0, 0.1) is 0 Å². The van der Waals surface area contributed by atoms with Crippen molar-refractivity contribution >= 4 is 35.1 Å². The Bertz CT molecular complexity index is 417. The Labute approximate surface area is 102 Å². The van der Waals surface area contributed by atoms with E-state index < -0.39 is 18.4 Å². The highest BCUT2D eigenvalue weighted by atomic mass is 35.5. The normalized spacial score (nSPS) is 9.88. The first-order valence-corrected chi connectivity index (χ1v) is 5.06. The maximum absolute atomic E-state index is 10.9. The van der Waals surface area contributed by atoms with Crippen molar-refractivity contribution in [2.24, 2.45) is 0 Å². The highest BCUT2D eigenvalue weighted by molar-refractivity contribution is 6.35. The van der Waals surface area contributed by atoms with Gasteiger partial charge in [0.2, 0.25) is 0 Å². The monoisotopic (exact) mass is 262 g/mol. The molecule has 0 radical (unpaired) electrons. The fourth-order valence-electron chi connectivity index (χ4n) is 0.971. The number of ether oxygens (including phenoxy) is 1. The number of esters is 1. The van der Waals surface area contributed by atoms with Gasteiger partial charge in [-0.25, -0.2) is 0 Å². The van der Waals surface area contributed by atoms with Crippen molar-refractivity contribution in [2.75, 3.05) is 0 Å². The van der Waals surface area contributed by atoms with Gasteiger partial charge < -0.3 is 9.84 Å². The van der Waals surface area contributed by atoms with Crippen LogP contribution in [-0.2, 0) is 20.9 Å². The molecule has 0 spiro atoms. The van der Waals surface area contributed by atoms with Crippen LogP contribution in [0.1, 0.15) is 12.0 Å². The Morgan fingerprint density at radius 3 is 2.56 bits per heavy atom. The molecule has 1 aromatic rings. The van der Waals surface area contributed by atoms with Gasteiger partial charge in [-0.3, -0.25) is 9.59 Å². The van der Waals surface area contributed by atoms with Crippen LogP contribution in [0.5, 0.6) is 0 Å². The summed E-state index contributed by atoms with van der Waals surface area (Å²) in [7, 11) is 0. The number of benzene rings is 1. The number of carbonyl (C=O) groups excluding carboxylic acids is 1. The lowest BCUT2D eigenvalue weighted by atomic mass is 10.2. The van der Waals surface area contributed by atoms with Crippen molar-refractivity contribution in [3.05, 3.63) is 33.8 Å². The molecular weight excluding hydrogens is 255 g/mol. The second-order valence-electron chi connectivity index (χ2n) is 2.97. The molecule has 4 nitrogen and oxygen atoms in total. The summed E-state index contributed by atoms with van der Waals surface area (Å²) < 4.78 is 4.71. The molecule has 86 valence electrons. The van der Waals surface area contributed by atoms with Gasteiger partial charge in [0.15, 0.2) is 0 Å². The van der Waals surface area contributed by atoms with E-state index in [1.165, 1.54) is 6.07 Å². The van der Waals surface area contributed by atoms with Crippen LogP contribution in [0.3, 0.4) is 0 Å². The summed E-state index contributed by atoms with van der Waals surface area (Å²) in [6.45, 7) is -0.0673. The van der Waals surface area contributed by atoms with E-state index in [9.17, 15) is 9.59 Å². The molecule has 0 saturated heterocycles. The predicted molar refractivity (Wildman–Crippen MR) is 58.5 cm³/mol. The quantitative estimate of drug-likeness (QED) is 0.669.